The molecule has 4 heteroatoms. The van der Waals surface area contributed by atoms with Gasteiger partial charge in [0.2, 0.25) is 0 Å². The smallest absolute Gasteiger partial charge is 0.261 e. The maximum absolute atomic E-state index is 12.5. The van der Waals surface area contributed by atoms with Crippen molar-refractivity contribution in [1.29, 1.82) is 0 Å². The van der Waals surface area contributed by atoms with Gasteiger partial charge >= 0.3 is 0 Å². The molecule has 1 unspecified atom stereocenters. The Morgan fingerprint density at radius 1 is 1.15 bits per heavy atom. The maximum Gasteiger partial charge on any atom is 0.261 e. The van der Waals surface area contributed by atoms with E-state index in [-0.39, 0.29) is 5.91 Å². The molecule has 0 fully saturated rings. The lowest BCUT2D eigenvalue weighted by molar-refractivity contribution is -0.128. The normalized spacial score (nSPS) is 14.3. The van der Waals surface area contributed by atoms with Crippen molar-refractivity contribution in [3.8, 4) is 5.75 Å². The number of fused-ring (bicyclic) bond motifs is 1. The molecule has 0 bridgehead atoms. The molecule has 0 aromatic heterocycles. The van der Waals surface area contributed by atoms with Gasteiger partial charge < -0.3 is 10.1 Å². The molecule has 1 aliphatic carbocycles. The second-order valence-electron chi connectivity index (χ2n) is 7.14. The van der Waals surface area contributed by atoms with Gasteiger partial charge in [0.15, 0.2) is 6.10 Å². The van der Waals surface area contributed by atoms with E-state index in [1.54, 1.807) is 0 Å². The van der Waals surface area contributed by atoms with Gasteiger partial charge in [-0.05, 0) is 79.8 Å². The summed E-state index contributed by atoms with van der Waals surface area (Å²) in [6.45, 7) is 2.60. The number of nitrogens with one attached hydrogen (secondary N) is 1. The molecule has 0 spiro atoms. The first-order valence-corrected chi connectivity index (χ1v) is 10.3. The third-order valence-corrected chi connectivity index (χ3v) is 5.51. The first-order chi connectivity index (χ1) is 13.2. The van der Waals surface area contributed by atoms with Gasteiger partial charge in [-0.1, -0.05) is 42.8 Å². The number of aryl methyl sites for hydroxylation is 3. The molecule has 0 radical (unpaired) electrons. The molecule has 3 nitrogen and oxygen atoms in total. The molecule has 1 aliphatic rings. The molecular formula is C23H28ClNO2. The fourth-order valence-electron chi connectivity index (χ4n) is 3.58. The lowest BCUT2D eigenvalue weighted by Crippen LogP contribution is -2.38. The molecule has 2 aromatic rings. The topological polar surface area (TPSA) is 38.3 Å². The van der Waals surface area contributed by atoms with Crippen molar-refractivity contribution in [2.45, 2.75) is 58.0 Å². The number of halogens is 1. The van der Waals surface area contributed by atoms with Crippen LogP contribution < -0.4 is 10.1 Å². The maximum atomic E-state index is 12.5. The van der Waals surface area contributed by atoms with Crippen LogP contribution in [0.25, 0.3) is 0 Å². The van der Waals surface area contributed by atoms with Crippen molar-refractivity contribution >= 4 is 17.5 Å². The van der Waals surface area contributed by atoms with E-state index in [9.17, 15) is 4.79 Å². The Kier molecular flexibility index (Phi) is 7.17. The first-order valence-electron chi connectivity index (χ1n) is 9.97. The van der Waals surface area contributed by atoms with Gasteiger partial charge in [0.05, 0.1) is 0 Å². The highest BCUT2D eigenvalue weighted by molar-refractivity contribution is 6.31. The minimum atomic E-state index is -0.452. The molecule has 0 heterocycles. The molecule has 2 aromatic carbocycles. The predicted molar refractivity (Wildman–Crippen MR) is 111 cm³/mol. The summed E-state index contributed by atoms with van der Waals surface area (Å²) in [5.74, 6) is 0.753. The van der Waals surface area contributed by atoms with Crippen LogP contribution in [0.15, 0.2) is 42.5 Å². The zero-order valence-electron chi connectivity index (χ0n) is 16.0. The van der Waals surface area contributed by atoms with Crippen molar-refractivity contribution in [2.24, 2.45) is 0 Å². The van der Waals surface area contributed by atoms with Gasteiger partial charge in [0, 0.05) is 11.6 Å². The Morgan fingerprint density at radius 2 is 1.93 bits per heavy atom. The van der Waals surface area contributed by atoms with Crippen LogP contribution in [0.1, 0.15) is 49.3 Å². The van der Waals surface area contributed by atoms with Gasteiger partial charge in [-0.2, -0.15) is 0 Å². The fourth-order valence-corrected chi connectivity index (χ4v) is 3.81. The highest BCUT2D eigenvalue weighted by Gasteiger charge is 2.19. The zero-order chi connectivity index (χ0) is 19.1. The minimum absolute atomic E-state index is 0.0469. The second kappa shape index (κ2) is 9.80. The van der Waals surface area contributed by atoms with Crippen molar-refractivity contribution in [3.05, 3.63) is 64.2 Å². The Hall–Kier alpha value is -2.00. The standard InChI is InChI=1S/C23H28ClNO2/c1-2-22(27-20-14-13-17-8-3-4-10-19(17)16-20)23(26)25-15-7-11-18-9-5-6-12-21(18)24/h5-6,9,12-14,16,22H,2-4,7-8,10-11,15H2,1H3,(H,25,26). The molecule has 0 saturated heterocycles. The van der Waals surface area contributed by atoms with Crippen LogP contribution in [0.2, 0.25) is 5.02 Å². The van der Waals surface area contributed by atoms with E-state index in [1.165, 1.54) is 24.0 Å². The zero-order valence-corrected chi connectivity index (χ0v) is 16.7. The molecule has 1 atom stereocenters. The summed E-state index contributed by atoms with van der Waals surface area (Å²) < 4.78 is 5.99. The summed E-state index contributed by atoms with van der Waals surface area (Å²) in [6, 6.07) is 14.1. The number of carbonyl (C=O) groups is 1. The Labute approximate surface area is 167 Å². The molecular weight excluding hydrogens is 358 g/mol. The van der Waals surface area contributed by atoms with Crippen LogP contribution in [0, 0.1) is 0 Å². The average Bonchev–Trinajstić information content (AvgIpc) is 2.70. The van der Waals surface area contributed by atoms with Gasteiger partial charge in [-0.25, -0.2) is 0 Å². The summed E-state index contributed by atoms with van der Waals surface area (Å²) in [6.07, 6.45) is 6.66. The number of rotatable bonds is 8. The molecule has 0 saturated carbocycles. The fraction of sp³-hybridized carbons (Fsp3) is 0.435. The van der Waals surface area contributed by atoms with Crippen LogP contribution >= 0.6 is 11.6 Å². The van der Waals surface area contributed by atoms with Crippen molar-refractivity contribution in [2.75, 3.05) is 6.54 Å². The molecule has 27 heavy (non-hydrogen) atoms. The predicted octanol–water partition coefficient (Wildman–Crippen LogP) is 5.13. The molecule has 144 valence electrons. The quantitative estimate of drug-likeness (QED) is 0.640. The third kappa shape index (κ3) is 5.49. The molecule has 1 amide bonds. The highest BCUT2D eigenvalue weighted by atomic mass is 35.5. The van der Waals surface area contributed by atoms with Gasteiger partial charge in [0.25, 0.3) is 5.91 Å². The number of amides is 1. The van der Waals surface area contributed by atoms with E-state index in [1.807, 2.05) is 37.3 Å². The Morgan fingerprint density at radius 3 is 2.70 bits per heavy atom. The number of hydrogen-bond acceptors (Lipinski definition) is 2. The van der Waals surface area contributed by atoms with Crippen LogP contribution in [-0.4, -0.2) is 18.6 Å². The van der Waals surface area contributed by atoms with E-state index in [2.05, 4.69) is 17.4 Å². The van der Waals surface area contributed by atoms with Crippen LogP contribution in [0.5, 0.6) is 5.75 Å². The van der Waals surface area contributed by atoms with Gasteiger partial charge in [-0.15, -0.1) is 0 Å². The van der Waals surface area contributed by atoms with E-state index in [0.29, 0.717) is 13.0 Å². The summed E-state index contributed by atoms with van der Waals surface area (Å²) in [5.41, 5.74) is 3.91. The van der Waals surface area contributed by atoms with Gasteiger partial charge in [-0.3, -0.25) is 4.79 Å². The van der Waals surface area contributed by atoms with Crippen LogP contribution in [0.3, 0.4) is 0 Å². The lowest BCUT2D eigenvalue weighted by Gasteiger charge is -2.20. The Bertz CT molecular complexity index is 775. The van der Waals surface area contributed by atoms with Crippen LogP contribution in [-0.2, 0) is 24.1 Å². The van der Waals surface area contributed by atoms with E-state index < -0.39 is 6.10 Å². The molecule has 0 aliphatic heterocycles. The number of hydrogen-bond donors (Lipinski definition) is 1. The number of benzene rings is 2. The third-order valence-electron chi connectivity index (χ3n) is 5.14. The first kappa shape index (κ1) is 19.8. The van der Waals surface area contributed by atoms with Crippen molar-refractivity contribution in [1.82, 2.24) is 5.32 Å². The monoisotopic (exact) mass is 385 g/mol. The Balaban J connectivity index is 1.48. The largest absolute Gasteiger partial charge is 0.481 e. The van der Waals surface area contributed by atoms with E-state index >= 15 is 0 Å². The lowest BCUT2D eigenvalue weighted by atomic mass is 9.92. The SMILES string of the molecule is CCC(Oc1ccc2c(c1)CCCC2)C(=O)NCCCc1ccccc1Cl. The minimum Gasteiger partial charge on any atom is -0.481 e. The molecule has 1 N–H and O–H groups in total. The summed E-state index contributed by atoms with van der Waals surface area (Å²) in [7, 11) is 0. The summed E-state index contributed by atoms with van der Waals surface area (Å²) in [4.78, 5) is 12.5. The average molecular weight is 386 g/mol. The van der Waals surface area contributed by atoms with Crippen molar-refractivity contribution in [3.63, 3.8) is 0 Å². The van der Waals surface area contributed by atoms with E-state index in [4.69, 9.17) is 16.3 Å². The number of carbonyl (C=O) groups excluding carboxylic acids is 1. The summed E-state index contributed by atoms with van der Waals surface area (Å²) in [5, 5.41) is 3.78. The van der Waals surface area contributed by atoms with Crippen LogP contribution in [0.4, 0.5) is 0 Å². The van der Waals surface area contributed by atoms with Crippen molar-refractivity contribution < 1.29 is 9.53 Å². The van der Waals surface area contributed by atoms with E-state index in [0.717, 1.165) is 42.0 Å². The number of ether oxygens (including phenoxy) is 1. The second-order valence-corrected chi connectivity index (χ2v) is 7.55. The highest BCUT2D eigenvalue weighted by Crippen LogP contribution is 2.26. The molecule has 3 rings (SSSR count). The summed E-state index contributed by atoms with van der Waals surface area (Å²) >= 11 is 6.17. The van der Waals surface area contributed by atoms with Gasteiger partial charge in [0.1, 0.15) is 5.75 Å².